The van der Waals surface area contributed by atoms with E-state index in [2.05, 4.69) is 5.32 Å². The van der Waals surface area contributed by atoms with Crippen LogP contribution in [0.2, 0.25) is 0 Å². The number of nitrogens with two attached hydrogens (primary N) is 1. The van der Waals surface area contributed by atoms with Crippen LogP contribution in [0.25, 0.3) is 0 Å². The average Bonchev–Trinajstić information content (AvgIpc) is 2.84. The number of hydrogen-bond acceptors (Lipinski definition) is 3. The molecule has 1 aliphatic carbocycles. The zero-order chi connectivity index (χ0) is 14.8. The third-order valence-corrected chi connectivity index (χ3v) is 4.60. The third-order valence-electron chi connectivity index (χ3n) is 3.66. The highest BCUT2D eigenvalue weighted by Crippen LogP contribution is 2.37. The van der Waals surface area contributed by atoms with Crippen LogP contribution in [0.15, 0.2) is 11.4 Å². The molecule has 2 rings (SSSR count). The van der Waals surface area contributed by atoms with Gasteiger partial charge in [0.25, 0.3) is 0 Å². The molecule has 2 atom stereocenters. The Morgan fingerprint density at radius 3 is 2.70 bits per heavy atom. The summed E-state index contributed by atoms with van der Waals surface area (Å²) in [6.45, 7) is 0.342. The maximum atomic E-state index is 12.9. The van der Waals surface area contributed by atoms with Crippen molar-refractivity contribution in [1.82, 2.24) is 5.32 Å². The molecule has 1 aromatic heterocycles. The molecule has 1 heterocycles. The summed E-state index contributed by atoms with van der Waals surface area (Å²) in [5.41, 5.74) is 5.55. The second-order valence-corrected chi connectivity index (χ2v) is 6.08. The molecule has 0 bridgehead atoms. The normalized spacial score (nSPS) is 23.8. The monoisotopic (exact) mass is 306 g/mol. The van der Waals surface area contributed by atoms with E-state index in [1.165, 1.54) is 11.3 Å². The van der Waals surface area contributed by atoms with Crippen molar-refractivity contribution >= 4 is 17.2 Å². The molecule has 0 spiro atoms. The Balaban J connectivity index is 1.95. The van der Waals surface area contributed by atoms with Gasteiger partial charge in [-0.15, -0.1) is 11.3 Å². The highest BCUT2D eigenvalue weighted by Gasteiger charge is 2.45. The van der Waals surface area contributed by atoms with Crippen LogP contribution in [-0.4, -0.2) is 18.1 Å². The number of hydrogen-bond donors (Lipinski definition) is 2. The van der Waals surface area contributed by atoms with Gasteiger partial charge in [-0.05, 0) is 18.9 Å². The largest absolute Gasteiger partial charge is 0.393 e. The molecule has 1 fully saturated rings. The lowest BCUT2D eigenvalue weighted by Gasteiger charge is -2.33. The molecule has 112 valence electrons. The summed E-state index contributed by atoms with van der Waals surface area (Å²) in [4.78, 5) is 11.8. The number of halogens is 3. The zero-order valence-electron chi connectivity index (χ0n) is 10.9. The van der Waals surface area contributed by atoms with Crippen molar-refractivity contribution in [3.05, 3.63) is 21.9 Å². The summed E-state index contributed by atoms with van der Waals surface area (Å²) in [5, 5.41) is 4.61. The molecule has 0 aliphatic heterocycles. The fraction of sp³-hybridized carbons (Fsp3) is 0.615. The van der Waals surface area contributed by atoms with E-state index < -0.39 is 24.0 Å². The first-order chi connectivity index (χ1) is 9.38. The van der Waals surface area contributed by atoms with Gasteiger partial charge >= 0.3 is 6.18 Å². The molecular formula is C13H17F3N2OS. The van der Waals surface area contributed by atoms with Crippen molar-refractivity contribution in [3.63, 3.8) is 0 Å². The molecule has 1 saturated carbocycles. The van der Waals surface area contributed by atoms with E-state index in [-0.39, 0.29) is 6.42 Å². The number of amides is 1. The quantitative estimate of drug-likeness (QED) is 0.898. The molecule has 2 unspecified atom stereocenters. The van der Waals surface area contributed by atoms with E-state index in [1.807, 2.05) is 0 Å². The van der Waals surface area contributed by atoms with Gasteiger partial charge in [0.2, 0.25) is 5.91 Å². The highest BCUT2D eigenvalue weighted by atomic mass is 32.1. The standard InChI is InChI=1S/C13H17F3N2OS/c14-13(15,16)10-3-1-2-4-11(10)18-6-9-5-8(7-20-9)12(17)19/h5,7,10-11,18H,1-4,6H2,(H2,17,19). The molecule has 0 saturated heterocycles. The molecule has 0 radical (unpaired) electrons. The molecule has 0 aromatic carbocycles. The Kier molecular flexibility index (Phi) is 4.70. The number of rotatable bonds is 4. The van der Waals surface area contributed by atoms with E-state index in [0.717, 1.165) is 11.3 Å². The summed E-state index contributed by atoms with van der Waals surface area (Å²) in [5.74, 6) is -1.79. The summed E-state index contributed by atoms with van der Waals surface area (Å²) < 4.78 is 38.8. The summed E-state index contributed by atoms with van der Waals surface area (Å²) in [7, 11) is 0. The molecule has 1 amide bonds. The van der Waals surface area contributed by atoms with E-state index in [0.29, 0.717) is 24.9 Å². The molecule has 3 nitrogen and oxygen atoms in total. The first-order valence-corrected chi connectivity index (χ1v) is 7.43. The van der Waals surface area contributed by atoms with E-state index in [4.69, 9.17) is 5.73 Å². The maximum Gasteiger partial charge on any atom is 0.393 e. The van der Waals surface area contributed by atoms with Crippen molar-refractivity contribution in [2.45, 2.75) is 44.4 Å². The SMILES string of the molecule is NC(=O)c1csc(CNC2CCCCC2C(F)(F)F)c1. The van der Waals surface area contributed by atoms with Gasteiger partial charge in [-0.3, -0.25) is 4.79 Å². The van der Waals surface area contributed by atoms with E-state index in [9.17, 15) is 18.0 Å². The Hall–Kier alpha value is -1.08. The Labute approximate surface area is 119 Å². The molecule has 1 aromatic rings. The van der Waals surface area contributed by atoms with Crippen LogP contribution >= 0.6 is 11.3 Å². The smallest absolute Gasteiger partial charge is 0.366 e. The number of alkyl halides is 3. The Morgan fingerprint density at radius 2 is 2.10 bits per heavy atom. The van der Waals surface area contributed by atoms with Crippen molar-refractivity contribution in [2.75, 3.05) is 0 Å². The fourth-order valence-corrected chi connectivity index (χ4v) is 3.43. The molecule has 20 heavy (non-hydrogen) atoms. The predicted molar refractivity (Wildman–Crippen MR) is 71.5 cm³/mol. The predicted octanol–water partition coefficient (Wildman–Crippen LogP) is 3.06. The van der Waals surface area contributed by atoms with Gasteiger partial charge in [-0.1, -0.05) is 12.8 Å². The maximum absolute atomic E-state index is 12.9. The highest BCUT2D eigenvalue weighted by molar-refractivity contribution is 7.10. The van der Waals surface area contributed by atoms with Gasteiger partial charge < -0.3 is 11.1 Å². The second-order valence-electron chi connectivity index (χ2n) is 5.09. The fourth-order valence-electron chi connectivity index (χ4n) is 2.60. The average molecular weight is 306 g/mol. The van der Waals surface area contributed by atoms with Crippen LogP contribution in [0.5, 0.6) is 0 Å². The number of nitrogens with one attached hydrogen (secondary N) is 1. The minimum atomic E-state index is -4.15. The second kappa shape index (κ2) is 6.13. The van der Waals surface area contributed by atoms with Crippen molar-refractivity contribution in [3.8, 4) is 0 Å². The first kappa shape index (κ1) is 15.3. The zero-order valence-corrected chi connectivity index (χ0v) is 11.7. The van der Waals surface area contributed by atoms with Crippen molar-refractivity contribution in [2.24, 2.45) is 11.7 Å². The minimum Gasteiger partial charge on any atom is -0.366 e. The van der Waals surface area contributed by atoms with Crippen LogP contribution in [0.1, 0.15) is 40.9 Å². The first-order valence-electron chi connectivity index (χ1n) is 6.55. The van der Waals surface area contributed by atoms with Crippen LogP contribution in [0.4, 0.5) is 13.2 Å². The number of thiophene rings is 1. The molecule has 1 aliphatic rings. The molecule has 3 N–H and O–H groups in total. The Bertz CT molecular complexity index is 472. The van der Waals surface area contributed by atoms with Gasteiger partial charge in [0.1, 0.15) is 0 Å². The van der Waals surface area contributed by atoms with E-state index in [1.54, 1.807) is 11.4 Å². The van der Waals surface area contributed by atoms with Gasteiger partial charge in [0.05, 0.1) is 11.5 Å². The number of primary amides is 1. The third kappa shape index (κ3) is 3.73. The minimum absolute atomic E-state index is 0.193. The van der Waals surface area contributed by atoms with Crippen LogP contribution in [0.3, 0.4) is 0 Å². The molecule has 7 heteroatoms. The molecular weight excluding hydrogens is 289 g/mol. The van der Waals surface area contributed by atoms with E-state index >= 15 is 0 Å². The summed E-state index contributed by atoms with van der Waals surface area (Å²) in [6.07, 6.45) is -1.96. The number of carbonyl (C=O) groups is 1. The lowest BCUT2D eigenvalue weighted by Crippen LogP contribution is -2.45. The van der Waals surface area contributed by atoms with Gasteiger partial charge in [-0.25, -0.2) is 0 Å². The van der Waals surface area contributed by atoms with Crippen LogP contribution < -0.4 is 11.1 Å². The lowest BCUT2D eigenvalue weighted by molar-refractivity contribution is -0.189. The topological polar surface area (TPSA) is 55.1 Å². The van der Waals surface area contributed by atoms with Gasteiger partial charge in [0, 0.05) is 22.8 Å². The van der Waals surface area contributed by atoms with Crippen molar-refractivity contribution < 1.29 is 18.0 Å². The van der Waals surface area contributed by atoms with Crippen LogP contribution in [0, 0.1) is 5.92 Å². The lowest BCUT2D eigenvalue weighted by atomic mass is 9.84. The van der Waals surface area contributed by atoms with Crippen LogP contribution in [-0.2, 0) is 6.54 Å². The summed E-state index contributed by atoms with van der Waals surface area (Å²) >= 11 is 1.33. The number of carbonyl (C=O) groups excluding carboxylic acids is 1. The van der Waals surface area contributed by atoms with Gasteiger partial charge in [0.15, 0.2) is 0 Å². The summed E-state index contributed by atoms with van der Waals surface area (Å²) in [6, 6.07) is 1.09. The Morgan fingerprint density at radius 1 is 1.40 bits per heavy atom. The van der Waals surface area contributed by atoms with Crippen molar-refractivity contribution in [1.29, 1.82) is 0 Å². The van der Waals surface area contributed by atoms with Gasteiger partial charge in [-0.2, -0.15) is 13.2 Å².